The predicted molar refractivity (Wildman–Crippen MR) is 211 cm³/mol. The maximum atomic E-state index is 13.2. The Kier molecular flexibility index (Phi) is 9.28. The number of aliphatic imine (C=N–C) groups is 1. The van der Waals surface area contributed by atoms with Crippen molar-refractivity contribution in [2.45, 2.75) is 58.8 Å². The fraction of sp³-hybridized carbons (Fsp3) is 0.310. The first kappa shape index (κ1) is 36.0. The SMILES string of the molecule is Cc1c(C#Cc2ccc(CN3CC(COc4cccc5c4CN(C4CCC(=O)NC4=O)C5=O)C3)cn2)sc2c1C(c1ccc(Cl)cc1)=N[C@@H](C)c1nnc(C)n1-2. The zero-order valence-electron chi connectivity index (χ0n) is 31.0. The zero-order valence-corrected chi connectivity index (χ0v) is 32.6. The zero-order chi connectivity index (χ0) is 38.7. The third kappa shape index (κ3) is 6.57. The number of amides is 3. The number of imide groups is 1. The van der Waals surface area contributed by atoms with Gasteiger partial charge in [-0.3, -0.25) is 34.2 Å². The molecule has 0 radical (unpaired) electrons. The number of nitrogens with zero attached hydrogens (tertiary/aromatic N) is 7. The number of carbonyl (C=O) groups excluding carboxylic acids is 3. The summed E-state index contributed by atoms with van der Waals surface area (Å²) in [5, 5.41) is 12.9. The van der Waals surface area contributed by atoms with E-state index in [-0.39, 0.29) is 24.3 Å². The topological polar surface area (TPSA) is 135 Å². The first-order valence-corrected chi connectivity index (χ1v) is 19.8. The van der Waals surface area contributed by atoms with Crippen LogP contribution < -0.4 is 10.1 Å². The van der Waals surface area contributed by atoms with Crippen LogP contribution in [0.15, 0.2) is 65.8 Å². The largest absolute Gasteiger partial charge is 0.493 e. The molecule has 9 rings (SSSR count). The lowest BCUT2D eigenvalue weighted by atomic mass is 9.99. The minimum atomic E-state index is -0.653. The lowest BCUT2D eigenvalue weighted by Crippen LogP contribution is -2.52. The Morgan fingerprint density at radius 2 is 1.84 bits per heavy atom. The molecule has 2 aromatic carbocycles. The number of aromatic nitrogens is 4. The van der Waals surface area contributed by atoms with Gasteiger partial charge in [0.05, 0.1) is 23.7 Å². The van der Waals surface area contributed by atoms with Crippen LogP contribution in [0.5, 0.6) is 5.75 Å². The van der Waals surface area contributed by atoms with E-state index < -0.39 is 11.9 Å². The predicted octanol–water partition coefficient (Wildman–Crippen LogP) is 5.58. The summed E-state index contributed by atoms with van der Waals surface area (Å²) in [6.07, 6.45) is 2.44. The number of nitrogens with one attached hydrogen (secondary N) is 1. The summed E-state index contributed by atoms with van der Waals surface area (Å²) >= 11 is 7.85. The highest BCUT2D eigenvalue weighted by Crippen LogP contribution is 2.39. The van der Waals surface area contributed by atoms with Gasteiger partial charge in [0.1, 0.15) is 34.4 Å². The number of aryl methyl sites for hydroxylation is 1. The third-order valence-electron chi connectivity index (χ3n) is 10.8. The number of ether oxygens (including phenoxy) is 1. The van der Waals surface area contributed by atoms with Gasteiger partial charge in [0, 0.05) is 65.4 Å². The van der Waals surface area contributed by atoms with Gasteiger partial charge >= 0.3 is 0 Å². The van der Waals surface area contributed by atoms with Gasteiger partial charge in [-0.2, -0.15) is 0 Å². The summed E-state index contributed by atoms with van der Waals surface area (Å²) in [4.78, 5) is 51.9. The number of hydrogen-bond acceptors (Lipinski definition) is 10. The van der Waals surface area contributed by atoms with Crippen molar-refractivity contribution >= 4 is 46.4 Å². The molecule has 1 unspecified atom stereocenters. The molecule has 2 fully saturated rings. The van der Waals surface area contributed by atoms with Crippen molar-refractivity contribution in [3.63, 3.8) is 0 Å². The number of halogens is 1. The van der Waals surface area contributed by atoms with E-state index in [9.17, 15) is 14.4 Å². The molecule has 2 atom stereocenters. The number of benzene rings is 2. The number of thiophene rings is 1. The maximum absolute atomic E-state index is 13.2. The third-order valence-corrected chi connectivity index (χ3v) is 12.3. The van der Waals surface area contributed by atoms with Crippen molar-refractivity contribution in [2.75, 3.05) is 19.7 Å². The summed E-state index contributed by atoms with van der Waals surface area (Å²) in [5.74, 6) is 8.38. The summed E-state index contributed by atoms with van der Waals surface area (Å²) in [6.45, 7) is 9.45. The van der Waals surface area contributed by atoms with Crippen molar-refractivity contribution in [2.24, 2.45) is 10.9 Å². The normalized spacial score (nSPS) is 19.2. The summed E-state index contributed by atoms with van der Waals surface area (Å²) in [7, 11) is 0. The highest BCUT2D eigenvalue weighted by molar-refractivity contribution is 7.15. The molecule has 3 amide bonds. The molecule has 0 spiro atoms. The number of fused-ring (bicyclic) bond motifs is 4. The van der Waals surface area contributed by atoms with Gasteiger partial charge in [0.15, 0.2) is 5.82 Å². The van der Waals surface area contributed by atoms with Gasteiger partial charge < -0.3 is 9.64 Å². The Morgan fingerprint density at radius 3 is 2.61 bits per heavy atom. The molecule has 0 saturated carbocycles. The Hall–Kier alpha value is -5.68. The Balaban J connectivity index is 0.832. The number of likely N-dealkylation sites (tertiary alicyclic amines) is 1. The monoisotopic (exact) mass is 784 g/mol. The van der Waals surface area contributed by atoms with Gasteiger partial charge in [-0.25, -0.2) is 4.98 Å². The molecule has 7 heterocycles. The van der Waals surface area contributed by atoms with Gasteiger partial charge in [-0.05, 0) is 80.5 Å². The number of hydrogen-bond donors (Lipinski definition) is 1. The van der Waals surface area contributed by atoms with Crippen LogP contribution in [0.1, 0.15) is 86.2 Å². The molecule has 14 heteroatoms. The number of carbonyl (C=O) groups is 3. The fourth-order valence-electron chi connectivity index (χ4n) is 7.88. The van der Waals surface area contributed by atoms with Crippen molar-refractivity contribution in [3.05, 3.63) is 121 Å². The number of rotatable bonds is 7. The van der Waals surface area contributed by atoms with Crippen molar-refractivity contribution in [3.8, 4) is 22.6 Å². The van der Waals surface area contributed by atoms with Crippen LogP contribution in [0.4, 0.5) is 0 Å². The molecule has 0 bridgehead atoms. The highest BCUT2D eigenvalue weighted by atomic mass is 35.5. The van der Waals surface area contributed by atoms with E-state index in [2.05, 4.69) is 54.8 Å². The standard InChI is InChI=1S/C42H37ClN8O4S/c1-23-35(56-42-37(23)38(28-8-10-29(43)11-9-28)45-24(2)39-48-47-25(3)51(39)42)15-13-30-12-7-26(17-44-30)18-49-19-27(20-49)22-55-34-6-4-5-31-32(34)21-50(41(31)54)33-14-16-36(52)46-40(33)53/h4-12,17,24,27,33H,14,16,18-22H2,1-3H3,(H,46,52,53)/t24-,33?/m0/s1. The van der Waals surface area contributed by atoms with Crippen LogP contribution in [0.25, 0.3) is 5.00 Å². The molecule has 12 nitrogen and oxygen atoms in total. The van der Waals surface area contributed by atoms with E-state index in [0.29, 0.717) is 47.5 Å². The minimum Gasteiger partial charge on any atom is -0.493 e. The van der Waals surface area contributed by atoms with Crippen LogP contribution >= 0.6 is 22.9 Å². The first-order valence-electron chi connectivity index (χ1n) is 18.6. The van der Waals surface area contributed by atoms with E-state index in [1.54, 1.807) is 22.3 Å². The molecular weight excluding hydrogens is 748 g/mol. The smallest absolute Gasteiger partial charge is 0.255 e. The quantitative estimate of drug-likeness (QED) is 0.167. The van der Waals surface area contributed by atoms with Crippen molar-refractivity contribution in [1.29, 1.82) is 0 Å². The lowest BCUT2D eigenvalue weighted by Gasteiger charge is -2.39. The number of pyridine rings is 1. The van der Waals surface area contributed by atoms with E-state index in [4.69, 9.17) is 21.3 Å². The molecule has 282 valence electrons. The highest BCUT2D eigenvalue weighted by Gasteiger charge is 2.40. The molecule has 1 N–H and O–H groups in total. The second-order valence-electron chi connectivity index (χ2n) is 14.7. The molecule has 4 aliphatic rings. The Morgan fingerprint density at radius 1 is 1.02 bits per heavy atom. The van der Waals surface area contributed by atoms with Crippen LogP contribution in [-0.2, 0) is 22.7 Å². The van der Waals surface area contributed by atoms with Crippen LogP contribution in [-0.4, -0.2) is 78.7 Å². The molecule has 4 aliphatic heterocycles. The second kappa shape index (κ2) is 14.4. The minimum absolute atomic E-state index is 0.182. The molecule has 5 aromatic rings. The van der Waals surface area contributed by atoms with Gasteiger partial charge in [0.25, 0.3) is 5.91 Å². The Bertz CT molecular complexity index is 2510. The van der Waals surface area contributed by atoms with E-state index in [1.807, 2.05) is 62.5 Å². The molecule has 3 aromatic heterocycles. The number of piperidine rings is 1. The maximum Gasteiger partial charge on any atom is 0.255 e. The average molecular weight is 785 g/mol. The molecule has 56 heavy (non-hydrogen) atoms. The second-order valence-corrected chi connectivity index (χ2v) is 16.1. The van der Waals surface area contributed by atoms with Crippen molar-refractivity contribution in [1.82, 2.24) is 34.9 Å². The first-order chi connectivity index (χ1) is 27.1. The van der Waals surface area contributed by atoms with Crippen LogP contribution in [0, 0.1) is 31.6 Å². The molecule has 2 saturated heterocycles. The van der Waals surface area contributed by atoms with Gasteiger partial charge in [-0.15, -0.1) is 21.5 Å². The molecular formula is C42H37ClN8O4S. The molecule has 0 aliphatic carbocycles. The lowest BCUT2D eigenvalue weighted by molar-refractivity contribution is -0.136. The fourth-order valence-corrected chi connectivity index (χ4v) is 9.22. The van der Waals surface area contributed by atoms with Gasteiger partial charge in [0.2, 0.25) is 11.8 Å². The summed E-state index contributed by atoms with van der Waals surface area (Å²) in [5.41, 5.74) is 7.08. The van der Waals surface area contributed by atoms with E-state index in [0.717, 1.165) is 74.7 Å². The average Bonchev–Trinajstić information content (AvgIpc) is 3.80. The Labute approximate surface area is 332 Å². The van der Waals surface area contributed by atoms with Crippen LogP contribution in [0.2, 0.25) is 5.02 Å². The summed E-state index contributed by atoms with van der Waals surface area (Å²) in [6, 6.07) is 16.4. The van der Waals surface area contributed by atoms with E-state index >= 15 is 0 Å². The summed E-state index contributed by atoms with van der Waals surface area (Å²) < 4.78 is 8.35. The van der Waals surface area contributed by atoms with Crippen molar-refractivity contribution < 1.29 is 19.1 Å². The van der Waals surface area contributed by atoms with Crippen LogP contribution in [0.3, 0.4) is 0 Å². The van der Waals surface area contributed by atoms with E-state index in [1.165, 1.54) is 0 Å². The van der Waals surface area contributed by atoms with Gasteiger partial charge in [-0.1, -0.05) is 35.9 Å².